The Morgan fingerprint density at radius 3 is 2.90 bits per heavy atom. The molecule has 6 heteroatoms. The number of aromatic nitrogens is 2. The van der Waals surface area contributed by atoms with Gasteiger partial charge in [-0.3, -0.25) is 0 Å². The Kier molecular flexibility index (Phi) is 3.58. The van der Waals surface area contributed by atoms with Crippen molar-refractivity contribution in [2.45, 2.75) is 13.5 Å². The van der Waals surface area contributed by atoms with Gasteiger partial charge in [0.05, 0.1) is 11.1 Å². The van der Waals surface area contributed by atoms with E-state index in [1.807, 2.05) is 6.07 Å². The van der Waals surface area contributed by atoms with Crippen molar-refractivity contribution < 1.29 is 14.1 Å². The molecule has 0 N–H and O–H groups in total. The number of halogens is 1. The number of nitrogens with zero attached hydrogens (tertiary/aromatic N) is 2. The molecule has 0 aliphatic carbocycles. The Morgan fingerprint density at radius 2 is 2.14 bits per heavy atom. The highest BCUT2D eigenvalue weighted by Crippen LogP contribution is 2.18. The molecule has 0 atom stereocenters. The molecule has 0 saturated heterocycles. The van der Waals surface area contributed by atoms with Gasteiger partial charge in [0, 0.05) is 11.5 Å². The maximum atomic E-state index is 12.0. The first-order chi connectivity index (χ1) is 10.1. The number of ether oxygens (including phenoxy) is 1. The Bertz CT molecular complexity index is 814. The van der Waals surface area contributed by atoms with Gasteiger partial charge in [-0.15, -0.1) is 0 Å². The third-order valence-corrected chi connectivity index (χ3v) is 3.13. The number of pyridine rings is 1. The highest BCUT2D eigenvalue weighted by molar-refractivity contribution is 6.29. The summed E-state index contributed by atoms with van der Waals surface area (Å²) in [5.74, 6) is 0.252. The Morgan fingerprint density at radius 1 is 1.29 bits per heavy atom. The minimum Gasteiger partial charge on any atom is -0.455 e. The minimum atomic E-state index is -0.424. The third-order valence-electron chi connectivity index (χ3n) is 2.92. The molecular weight excluding hydrogens is 292 g/mol. The predicted molar refractivity (Wildman–Crippen MR) is 77.1 cm³/mol. The van der Waals surface area contributed by atoms with E-state index in [1.54, 1.807) is 37.3 Å². The number of esters is 1. The topological polar surface area (TPSA) is 65.2 Å². The van der Waals surface area contributed by atoms with Crippen molar-refractivity contribution in [3.63, 3.8) is 0 Å². The molecule has 0 aliphatic rings. The van der Waals surface area contributed by atoms with E-state index in [0.717, 1.165) is 10.9 Å². The molecule has 3 rings (SSSR count). The summed E-state index contributed by atoms with van der Waals surface area (Å²) >= 11 is 5.82. The molecule has 0 saturated carbocycles. The predicted octanol–water partition coefficient (Wildman–Crippen LogP) is 3.54. The second-order valence-corrected chi connectivity index (χ2v) is 4.93. The Hall–Kier alpha value is -2.40. The van der Waals surface area contributed by atoms with Gasteiger partial charge >= 0.3 is 5.97 Å². The van der Waals surface area contributed by atoms with E-state index in [0.29, 0.717) is 22.2 Å². The largest absolute Gasteiger partial charge is 0.455 e. The fraction of sp³-hybridized carbons (Fsp3) is 0.133. The quantitative estimate of drug-likeness (QED) is 0.547. The summed E-state index contributed by atoms with van der Waals surface area (Å²) in [6.45, 7) is 1.85. The van der Waals surface area contributed by atoms with Crippen molar-refractivity contribution >= 4 is 28.5 Å². The maximum absolute atomic E-state index is 12.0. The van der Waals surface area contributed by atoms with E-state index in [4.69, 9.17) is 20.9 Å². The minimum absolute atomic E-state index is 0.0765. The summed E-state index contributed by atoms with van der Waals surface area (Å²) in [7, 11) is 0. The molecule has 0 unspecified atom stereocenters. The van der Waals surface area contributed by atoms with E-state index < -0.39 is 5.97 Å². The molecule has 0 fully saturated rings. The van der Waals surface area contributed by atoms with Crippen molar-refractivity contribution in [3.05, 3.63) is 58.6 Å². The fourth-order valence-corrected chi connectivity index (χ4v) is 2.09. The van der Waals surface area contributed by atoms with E-state index in [-0.39, 0.29) is 6.61 Å². The average molecular weight is 303 g/mol. The molecule has 0 amide bonds. The smallest absolute Gasteiger partial charge is 0.338 e. The van der Waals surface area contributed by atoms with Crippen LogP contribution in [-0.4, -0.2) is 16.1 Å². The fourth-order valence-electron chi connectivity index (χ4n) is 1.94. The number of rotatable bonds is 3. The standard InChI is InChI=1S/C15H11ClN2O3/c1-9-6-12(18-21-9)8-20-15(19)11-2-4-13-10(7-11)3-5-14(16)17-13/h2-7H,8H2,1H3. The van der Waals surface area contributed by atoms with Crippen LogP contribution in [0.25, 0.3) is 10.9 Å². The molecule has 0 bridgehead atoms. The monoisotopic (exact) mass is 302 g/mol. The average Bonchev–Trinajstić information content (AvgIpc) is 2.90. The van der Waals surface area contributed by atoms with Crippen molar-refractivity contribution in [1.29, 1.82) is 0 Å². The molecule has 1 aromatic carbocycles. The van der Waals surface area contributed by atoms with Gasteiger partial charge in [0.15, 0.2) is 0 Å². The third kappa shape index (κ3) is 3.03. The van der Waals surface area contributed by atoms with Gasteiger partial charge in [0.1, 0.15) is 23.2 Å². The lowest BCUT2D eigenvalue weighted by atomic mass is 10.1. The van der Waals surface area contributed by atoms with Gasteiger partial charge in [-0.2, -0.15) is 0 Å². The lowest BCUT2D eigenvalue weighted by Crippen LogP contribution is -2.05. The van der Waals surface area contributed by atoms with Crippen LogP contribution < -0.4 is 0 Å². The number of hydrogen-bond acceptors (Lipinski definition) is 5. The lowest BCUT2D eigenvalue weighted by molar-refractivity contribution is 0.0464. The summed E-state index contributed by atoms with van der Waals surface area (Å²) in [4.78, 5) is 16.2. The van der Waals surface area contributed by atoms with Gasteiger partial charge in [0.25, 0.3) is 0 Å². The van der Waals surface area contributed by atoms with E-state index in [9.17, 15) is 4.79 Å². The molecule has 106 valence electrons. The second kappa shape index (κ2) is 5.54. The molecule has 2 heterocycles. The van der Waals surface area contributed by atoms with Crippen LogP contribution >= 0.6 is 11.6 Å². The number of carbonyl (C=O) groups is 1. The van der Waals surface area contributed by atoms with Gasteiger partial charge in [-0.1, -0.05) is 16.8 Å². The van der Waals surface area contributed by atoms with Gasteiger partial charge in [0.2, 0.25) is 0 Å². The van der Waals surface area contributed by atoms with Crippen LogP contribution in [0, 0.1) is 6.92 Å². The summed E-state index contributed by atoms with van der Waals surface area (Å²) < 4.78 is 10.1. The highest BCUT2D eigenvalue weighted by Gasteiger charge is 2.10. The maximum Gasteiger partial charge on any atom is 0.338 e. The molecule has 0 radical (unpaired) electrons. The van der Waals surface area contributed by atoms with Crippen molar-refractivity contribution in [2.75, 3.05) is 0 Å². The number of hydrogen-bond donors (Lipinski definition) is 0. The van der Waals surface area contributed by atoms with Crippen molar-refractivity contribution in [1.82, 2.24) is 10.1 Å². The second-order valence-electron chi connectivity index (χ2n) is 4.55. The highest BCUT2D eigenvalue weighted by atomic mass is 35.5. The van der Waals surface area contributed by atoms with E-state index >= 15 is 0 Å². The number of aryl methyl sites for hydroxylation is 1. The van der Waals surface area contributed by atoms with Crippen LogP contribution in [0.2, 0.25) is 5.15 Å². The summed E-state index contributed by atoms with van der Waals surface area (Å²) in [6.07, 6.45) is 0. The zero-order valence-electron chi connectivity index (χ0n) is 11.2. The van der Waals surface area contributed by atoms with Crippen LogP contribution in [0.5, 0.6) is 0 Å². The van der Waals surface area contributed by atoms with Crippen LogP contribution in [0.15, 0.2) is 40.9 Å². The molecular formula is C15H11ClN2O3. The van der Waals surface area contributed by atoms with Gasteiger partial charge in [-0.25, -0.2) is 9.78 Å². The molecule has 0 spiro atoms. The molecule has 3 aromatic rings. The van der Waals surface area contributed by atoms with Gasteiger partial charge in [-0.05, 0) is 37.3 Å². The number of fused-ring (bicyclic) bond motifs is 1. The summed E-state index contributed by atoms with van der Waals surface area (Å²) in [6, 6.07) is 10.3. The van der Waals surface area contributed by atoms with Crippen molar-refractivity contribution in [3.8, 4) is 0 Å². The first-order valence-electron chi connectivity index (χ1n) is 6.27. The SMILES string of the molecule is Cc1cc(COC(=O)c2ccc3nc(Cl)ccc3c2)no1. The first-order valence-corrected chi connectivity index (χ1v) is 6.65. The number of benzene rings is 1. The number of carbonyl (C=O) groups excluding carboxylic acids is 1. The van der Waals surface area contributed by atoms with E-state index in [2.05, 4.69) is 10.1 Å². The summed E-state index contributed by atoms with van der Waals surface area (Å²) in [5.41, 5.74) is 1.76. The molecule has 5 nitrogen and oxygen atoms in total. The molecule has 2 aromatic heterocycles. The zero-order chi connectivity index (χ0) is 14.8. The normalized spacial score (nSPS) is 10.8. The molecule has 0 aliphatic heterocycles. The van der Waals surface area contributed by atoms with Crippen molar-refractivity contribution in [2.24, 2.45) is 0 Å². The van der Waals surface area contributed by atoms with Gasteiger partial charge < -0.3 is 9.26 Å². The van der Waals surface area contributed by atoms with Crippen LogP contribution in [0.1, 0.15) is 21.8 Å². The van der Waals surface area contributed by atoms with Crippen LogP contribution in [0.4, 0.5) is 0 Å². The molecule has 21 heavy (non-hydrogen) atoms. The zero-order valence-corrected chi connectivity index (χ0v) is 11.9. The lowest BCUT2D eigenvalue weighted by Gasteiger charge is -2.04. The van der Waals surface area contributed by atoms with Crippen LogP contribution in [0.3, 0.4) is 0 Å². The Balaban J connectivity index is 1.76. The summed E-state index contributed by atoms with van der Waals surface area (Å²) in [5, 5.41) is 5.01. The van der Waals surface area contributed by atoms with E-state index in [1.165, 1.54) is 0 Å². The first kappa shape index (κ1) is 13.6. The van der Waals surface area contributed by atoms with Crippen LogP contribution in [-0.2, 0) is 11.3 Å². The Labute approximate surface area is 125 Å².